The third kappa shape index (κ3) is 5.19. The second kappa shape index (κ2) is 9.72. The van der Waals surface area contributed by atoms with Crippen LogP contribution in [0.2, 0.25) is 0 Å². The van der Waals surface area contributed by atoms with Gasteiger partial charge >= 0.3 is 0 Å². The second-order valence-electron chi connectivity index (χ2n) is 8.29. The van der Waals surface area contributed by atoms with Crippen molar-refractivity contribution < 1.29 is 4.79 Å². The van der Waals surface area contributed by atoms with E-state index in [0.717, 1.165) is 60.8 Å². The molecule has 1 atom stereocenters. The van der Waals surface area contributed by atoms with Gasteiger partial charge in [-0.1, -0.05) is 6.07 Å². The molecule has 8 nitrogen and oxygen atoms in total. The molecule has 1 aliphatic rings. The van der Waals surface area contributed by atoms with Gasteiger partial charge in [0.1, 0.15) is 5.82 Å². The van der Waals surface area contributed by atoms with Crippen molar-refractivity contribution in [3.8, 4) is 0 Å². The molecule has 166 valence electrons. The SMILES string of the molecule is Cc1nn(C)c(C)c1/C=C/C(=O)N1CCC[C@H](Cc2ccc(Nc3ccccn3)nn2)C1. The van der Waals surface area contributed by atoms with Gasteiger partial charge in [0.05, 0.1) is 11.4 Å². The molecule has 1 N–H and O–H groups in total. The highest BCUT2D eigenvalue weighted by Gasteiger charge is 2.23. The van der Waals surface area contributed by atoms with Gasteiger partial charge in [-0.3, -0.25) is 9.48 Å². The highest BCUT2D eigenvalue weighted by Crippen LogP contribution is 2.21. The number of nitrogens with zero attached hydrogens (tertiary/aromatic N) is 6. The summed E-state index contributed by atoms with van der Waals surface area (Å²) in [5, 5.41) is 16.2. The van der Waals surface area contributed by atoms with Crippen LogP contribution in [0.15, 0.2) is 42.6 Å². The lowest BCUT2D eigenvalue weighted by atomic mass is 9.93. The van der Waals surface area contributed by atoms with E-state index in [1.807, 2.05) is 66.9 Å². The fourth-order valence-corrected chi connectivity index (χ4v) is 4.12. The number of carbonyl (C=O) groups excluding carboxylic acids is 1. The van der Waals surface area contributed by atoms with E-state index in [1.165, 1.54) is 0 Å². The molecular formula is C24H29N7O. The summed E-state index contributed by atoms with van der Waals surface area (Å²) in [5.74, 6) is 1.84. The Morgan fingerprint density at radius 2 is 2.06 bits per heavy atom. The molecule has 4 heterocycles. The summed E-state index contributed by atoms with van der Waals surface area (Å²) < 4.78 is 1.84. The third-order valence-electron chi connectivity index (χ3n) is 5.93. The smallest absolute Gasteiger partial charge is 0.246 e. The minimum absolute atomic E-state index is 0.0540. The van der Waals surface area contributed by atoms with E-state index in [-0.39, 0.29) is 5.91 Å². The van der Waals surface area contributed by atoms with Crippen LogP contribution in [0.3, 0.4) is 0 Å². The number of anilines is 2. The first-order valence-electron chi connectivity index (χ1n) is 11.0. The van der Waals surface area contributed by atoms with E-state index in [2.05, 4.69) is 25.6 Å². The van der Waals surface area contributed by atoms with Crippen LogP contribution < -0.4 is 5.32 Å². The van der Waals surface area contributed by atoms with Crippen molar-refractivity contribution in [1.82, 2.24) is 29.9 Å². The average molecular weight is 432 g/mol. The van der Waals surface area contributed by atoms with Crippen LogP contribution in [-0.4, -0.2) is 48.9 Å². The standard InChI is InChI=1S/C24H29N7O/c1-17-21(18(2)30(3)29-17)10-12-24(32)31-14-6-7-19(16-31)15-20-9-11-23(28-27-20)26-22-8-4-5-13-25-22/h4-5,8-13,19H,6-7,14-16H2,1-3H3,(H,25,26,28)/b12-10+/t19-/m1/s1. The normalized spacial score (nSPS) is 16.5. The highest BCUT2D eigenvalue weighted by atomic mass is 16.2. The van der Waals surface area contributed by atoms with Gasteiger partial charge < -0.3 is 10.2 Å². The molecule has 0 aromatic carbocycles. The number of rotatable bonds is 6. The van der Waals surface area contributed by atoms with Gasteiger partial charge in [-0.2, -0.15) is 10.2 Å². The predicted molar refractivity (Wildman–Crippen MR) is 124 cm³/mol. The molecule has 1 amide bonds. The van der Waals surface area contributed by atoms with Gasteiger partial charge in [-0.15, -0.1) is 5.10 Å². The van der Waals surface area contributed by atoms with Gasteiger partial charge in [0.25, 0.3) is 0 Å². The lowest BCUT2D eigenvalue weighted by Gasteiger charge is -2.32. The maximum Gasteiger partial charge on any atom is 0.246 e. The van der Waals surface area contributed by atoms with Crippen molar-refractivity contribution >= 4 is 23.6 Å². The molecule has 0 aliphatic carbocycles. The molecule has 8 heteroatoms. The quantitative estimate of drug-likeness (QED) is 0.601. The van der Waals surface area contributed by atoms with Crippen molar-refractivity contribution in [2.24, 2.45) is 13.0 Å². The van der Waals surface area contributed by atoms with Gasteiger partial charge in [0.15, 0.2) is 5.82 Å². The van der Waals surface area contributed by atoms with Crippen LogP contribution in [0.25, 0.3) is 6.08 Å². The average Bonchev–Trinajstić information content (AvgIpc) is 3.05. The van der Waals surface area contributed by atoms with Crippen molar-refractivity contribution in [2.75, 3.05) is 18.4 Å². The number of hydrogen-bond acceptors (Lipinski definition) is 6. The van der Waals surface area contributed by atoms with Gasteiger partial charge in [-0.05, 0) is 69.4 Å². The molecule has 1 fully saturated rings. The number of piperidine rings is 1. The number of nitrogens with one attached hydrogen (secondary N) is 1. The van der Waals surface area contributed by atoms with E-state index in [9.17, 15) is 4.79 Å². The van der Waals surface area contributed by atoms with Crippen molar-refractivity contribution in [3.05, 3.63) is 65.2 Å². The molecule has 1 saturated heterocycles. The minimum atomic E-state index is 0.0540. The molecule has 3 aromatic rings. The summed E-state index contributed by atoms with van der Waals surface area (Å²) in [6.07, 6.45) is 8.20. The van der Waals surface area contributed by atoms with Crippen molar-refractivity contribution in [3.63, 3.8) is 0 Å². The molecule has 0 bridgehead atoms. The molecule has 3 aromatic heterocycles. The summed E-state index contributed by atoms with van der Waals surface area (Å²) in [7, 11) is 1.92. The predicted octanol–water partition coefficient (Wildman–Crippen LogP) is 3.46. The van der Waals surface area contributed by atoms with Crippen molar-refractivity contribution in [2.45, 2.75) is 33.1 Å². The summed E-state index contributed by atoms with van der Waals surface area (Å²) in [6, 6.07) is 9.59. The molecule has 4 rings (SSSR count). The van der Waals surface area contributed by atoms with Gasteiger partial charge in [0.2, 0.25) is 5.91 Å². The Balaban J connectivity index is 1.33. The van der Waals surface area contributed by atoms with Crippen LogP contribution in [0.1, 0.15) is 35.5 Å². The molecule has 1 aliphatic heterocycles. The first-order valence-corrected chi connectivity index (χ1v) is 11.0. The molecule has 0 saturated carbocycles. The Kier molecular flexibility index (Phi) is 6.58. The first-order chi connectivity index (χ1) is 15.5. The Hall–Kier alpha value is -3.55. The maximum atomic E-state index is 12.8. The van der Waals surface area contributed by atoms with E-state index < -0.39 is 0 Å². The number of likely N-dealkylation sites (tertiary alicyclic amines) is 1. The summed E-state index contributed by atoms with van der Waals surface area (Å²) in [5.41, 5.74) is 3.95. The number of aromatic nitrogens is 5. The van der Waals surface area contributed by atoms with E-state index in [0.29, 0.717) is 11.7 Å². The number of amides is 1. The Bertz CT molecular complexity index is 1090. The third-order valence-corrected chi connectivity index (χ3v) is 5.93. The lowest BCUT2D eigenvalue weighted by molar-refractivity contribution is -0.127. The van der Waals surface area contributed by atoms with Gasteiger partial charge in [0, 0.05) is 43.7 Å². The van der Waals surface area contributed by atoms with Gasteiger partial charge in [-0.25, -0.2) is 4.98 Å². The molecular weight excluding hydrogens is 402 g/mol. The number of aryl methyl sites for hydroxylation is 2. The zero-order chi connectivity index (χ0) is 22.5. The zero-order valence-electron chi connectivity index (χ0n) is 18.8. The van der Waals surface area contributed by atoms with Crippen molar-refractivity contribution in [1.29, 1.82) is 0 Å². The zero-order valence-corrected chi connectivity index (χ0v) is 18.8. The molecule has 0 radical (unpaired) electrons. The minimum Gasteiger partial charge on any atom is -0.339 e. The van der Waals surface area contributed by atoms with E-state index in [4.69, 9.17) is 0 Å². The molecule has 0 spiro atoms. The number of carbonyl (C=O) groups is 1. The van der Waals surface area contributed by atoms with Crippen LogP contribution in [0.5, 0.6) is 0 Å². The van der Waals surface area contributed by atoms with E-state index in [1.54, 1.807) is 12.3 Å². The fourth-order valence-electron chi connectivity index (χ4n) is 4.12. The van der Waals surface area contributed by atoms with E-state index >= 15 is 0 Å². The summed E-state index contributed by atoms with van der Waals surface area (Å²) in [4.78, 5) is 19.0. The largest absolute Gasteiger partial charge is 0.339 e. The maximum absolute atomic E-state index is 12.8. The first kappa shape index (κ1) is 21.7. The molecule has 32 heavy (non-hydrogen) atoms. The highest BCUT2D eigenvalue weighted by molar-refractivity contribution is 5.92. The summed E-state index contributed by atoms with van der Waals surface area (Å²) in [6.45, 7) is 5.51. The topological polar surface area (TPSA) is 88.8 Å². The molecule has 0 unspecified atom stereocenters. The van der Waals surface area contributed by atoms with Crippen LogP contribution in [0.4, 0.5) is 11.6 Å². The summed E-state index contributed by atoms with van der Waals surface area (Å²) >= 11 is 0. The lowest BCUT2D eigenvalue weighted by Crippen LogP contribution is -2.39. The fraction of sp³-hybridized carbons (Fsp3) is 0.375. The monoisotopic (exact) mass is 431 g/mol. The van der Waals surface area contributed by atoms with Crippen LogP contribution in [0, 0.1) is 19.8 Å². The number of hydrogen-bond donors (Lipinski definition) is 1. The van der Waals surface area contributed by atoms with Crippen LogP contribution >= 0.6 is 0 Å². The number of pyridine rings is 1. The van der Waals surface area contributed by atoms with Crippen LogP contribution in [-0.2, 0) is 18.3 Å². The second-order valence-corrected chi connectivity index (χ2v) is 8.29. The Morgan fingerprint density at radius 1 is 1.19 bits per heavy atom. The Morgan fingerprint density at radius 3 is 2.75 bits per heavy atom. The Labute approximate surface area is 188 Å².